The summed E-state index contributed by atoms with van der Waals surface area (Å²) in [6.45, 7) is 0. The fourth-order valence-electron chi connectivity index (χ4n) is 1.41. The lowest BCUT2D eigenvalue weighted by Crippen LogP contribution is -2.13. The van der Waals surface area contributed by atoms with Crippen LogP contribution in [0.25, 0.3) is 0 Å². The maximum Gasteiger partial charge on any atom is 0.263 e. The highest BCUT2D eigenvalue weighted by Crippen LogP contribution is 2.24. The van der Waals surface area contributed by atoms with Crippen molar-refractivity contribution in [2.75, 3.05) is 4.72 Å². The standard InChI is InChI=1S/C12H9ClFNO2S/c13-11-8-9(14)6-7-12(11)18(16,17)15-10-4-2-1-3-5-10/h1-8,15H. The Morgan fingerprint density at radius 1 is 1.06 bits per heavy atom. The van der Waals surface area contributed by atoms with Gasteiger partial charge in [-0.1, -0.05) is 29.8 Å². The average molecular weight is 286 g/mol. The fourth-order valence-corrected chi connectivity index (χ4v) is 3.00. The quantitative estimate of drug-likeness (QED) is 0.941. The van der Waals surface area contributed by atoms with Crippen molar-refractivity contribution < 1.29 is 12.8 Å². The van der Waals surface area contributed by atoms with E-state index >= 15 is 0 Å². The van der Waals surface area contributed by atoms with Crippen molar-refractivity contribution in [3.63, 3.8) is 0 Å². The van der Waals surface area contributed by atoms with E-state index < -0.39 is 15.8 Å². The van der Waals surface area contributed by atoms with Crippen LogP contribution >= 0.6 is 11.6 Å². The highest BCUT2D eigenvalue weighted by molar-refractivity contribution is 7.92. The lowest BCUT2D eigenvalue weighted by Gasteiger charge is -2.09. The van der Waals surface area contributed by atoms with E-state index in [4.69, 9.17) is 11.6 Å². The zero-order valence-corrected chi connectivity index (χ0v) is 10.7. The van der Waals surface area contributed by atoms with E-state index in [9.17, 15) is 12.8 Å². The third kappa shape index (κ3) is 2.80. The van der Waals surface area contributed by atoms with Crippen LogP contribution < -0.4 is 4.72 Å². The molecule has 0 atom stereocenters. The van der Waals surface area contributed by atoms with E-state index in [-0.39, 0.29) is 9.92 Å². The molecule has 0 unspecified atom stereocenters. The third-order valence-corrected chi connectivity index (χ3v) is 4.07. The Bertz CT molecular complexity index is 659. The average Bonchev–Trinajstić information content (AvgIpc) is 2.29. The molecule has 0 aliphatic heterocycles. The number of halogens is 2. The molecule has 0 spiro atoms. The number of hydrogen-bond acceptors (Lipinski definition) is 2. The zero-order chi connectivity index (χ0) is 13.2. The molecule has 0 bridgehead atoms. The number of hydrogen-bond donors (Lipinski definition) is 1. The number of benzene rings is 2. The van der Waals surface area contributed by atoms with Crippen LogP contribution in [0.4, 0.5) is 10.1 Å². The van der Waals surface area contributed by atoms with Crippen molar-refractivity contribution in [2.45, 2.75) is 4.90 Å². The predicted molar refractivity (Wildman–Crippen MR) is 68.7 cm³/mol. The summed E-state index contributed by atoms with van der Waals surface area (Å²) in [6.07, 6.45) is 0. The number of nitrogens with one attached hydrogen (secondary N) is 1. The van der Waals surface area contributed by atoms with Gasteiger partial charge in [-0.15, -0.1) is 0 Å². The van der Waals surface area contributed by atoms with Gasteiger partial charge in [-0.3, -0.25) is 4.72 Å². The van der Waals surface area contributed by atoms with Crippen LogP contribution in [-0.4, -0.2) is 8.42 Å². The Labute approximate surface area is 109 Å². The molecule has 0 saturated heterocycles. The molecule has 0 aliphatic carbocycles. The van der Waals surface area contributed by atoms with Crippen LogP contribution in [-0.2, 0) is 10.0 Å². The largest absolute Gasteiger partial charge is 0.280 e. The molecule has 94 valence electrons. The minimum Gasteiger partial charge on any atom is -0.280 e. The minimum absolute atomic E-state index is 0.154. The zero-order valence-electron chi connectivity index (χ0n) is 9.10. The van der Waals surface area contributed by atoms with E-state index in [2.05, 4.69) is 4.72 Å². The number of rotatable bonds is 3. The second-order valence-corrected chi connectivity index (χ2v) is 5.60. The van der Waals surface area contributed by atoms with Gasteiger partial charge in [0.1, 0.15) is 10.7 Å². The van der Waals surface area contributed by atoms with Crippen molar-refractivity contribution in [1.29, 1.82) is 0 Å². The minimum atomic E-state index is -3.81. The summed E-state index contributed by atoms with van der Waals surface area (Å²) in [6, 6.07) is 11.5. The molecule has 18 heavy (non-hydrogen) atoms. The number of para-hydroxylation sites is 1. The third-order valence-electron chi connectivity index (χ3n) is 2.21. The van der Waals surface area contributed by atoms with E-state index in [1.165, 1.54) is 0 Å². The first-order chi connectivity index (χ1) is 8.49. The Hall–Kier alpha value is -1.59. The van der Waals surface area contributed by atoms with Gasteiger partial charge < -0.3 is 0 Å². The Morgan fingerprint density at radius 2 is 1.72 bits per heavy atom. The van der Waals surface area contributed by atoms with Crippen LogP contribution in [0.3, 0.4) is 0 Å². The summed E-state index contributed by atoms with van der Waals surface area (Å²) in [7, 11) is -3.81. The van der Waals surface area contributed by atoms with Crippen LogP contribution in [0.15, 0.2) is 53.4 Å². The van der Waals surface area contributed by atoms with Gasteiger partial charge in [0.15, 0.2) is 0 Å². The van der Waals surface area contributed by atoms with Gasteiger partial charge in [-0.05, 0) is 30.3 Å². The fraction of sp³-hybridized carbons (Fsp3) is 0. The Kier molecular flexibility index (Phi) is 3.54. The smallest absolute Gasteiger partial charge is 0.263 e. The second-order valence-electron chi connectivity index (χ2n) is 3.55. The molecule has 2 rings (SSSR count). The van der Waals surface area contributed by atoms with Gasteiger partial charge in [-0.2, -0.15) is 0 Å². The summed E-state index contributed by atoms with van der Waals surface area (Å²) >= 11 is 5.72. The Balaban J connectivity index is 2.37. The lowest BCUT2D eigenvalue weighted by molar-refractivity contribution is 0.600. The van der Waals surface area contributed by atoms with Gasteiger partial charge >= 0.3 is 0 Å². The van der Waals surface area contributed by atoms with Crippen molar-refractivity contribution >= 4 is 27.3 Å². The topological polar surface area (TPSA) is 46.2 Å². The molecule has 0 aromatic heterocycles. The van der Waals surface area contributed by atoms with Gasteiger partial charge in [0.2, 0.25) is 0 Å². The molecule has 0 heterocycles. The summed E-state index contributed by atoms with van der Waals surface area (Å²) in [5.74, 6) is -0.585. The molecule has 2 aromatic carbocycles. The van der Waals surface area contributed by atoms with Crippen molar-refractivity contribution in [2.24, 2.45) is 0 Å². The molecule has 2 aromatic rings. The van der Waals surface area contributed by atoms with E-state index in [1.54, 1.807) is 30.3 Å². The first-order valence-electron chi connectivity index (χ1n) is 5.02. The molecule has 6 heteroatoms. The molecular formula is C12H9ClFNO2S. The van der Waals surface area contributed by atoms with Crippen molar-refractivity contribution in [3.8, 4) is 0 Å². The molecule has 0 radical (unpaired) electrons. The maximum absolute atomic E-state index is 12.9. The van der Waals surface area contributed by atoms with Crippen LogP contribution in [0.2, 0.25) is 5.02 Å². The Morgan fingerprint density at radius 3 is 2.33 bits per heavy atom. The van der Waals surface area contributed by atoms with E-state index in [0.29, 0.717) is 5.69 Å². The van der Waals surface area contributed by atoms with Crippen LogP contribution in [0, 0.1) is 5.82 Å². The molecule has 0 amide bonds. The molecule has 0 fully saturated rings. The summed E-state index contributed by atoms with van der Waals surface area (Å²) in [4.78, 5) is -0.158. The molecule has 0 saturated carbocycles. The summed E-state index contributed by atoms with van der Waals surface area (Å²) < 4.78 is 39.3. The first kappa shape index (κ1) is 12.9. The van der Waals surface area contributed by atoms with Gasteiger partial charge in [-0.25, -0.2) is 12.8 Å². The second kappa shape index (κ2) is 4.96. The lowest BCUT2D eigenvalue weighted by atomic mass is 10.3. The molecular weight excluding hydrogens is 277 g/mol. The van der Waals surface area contributed by atoms with E-state index in [1.807, 2.05) is 0 Å². The number of anilines is 1. The summed E-state index contributed by atoms with van der Waals surface area (Å²) in [5.41, 5.74) is 0.415. The van der Waals surface area contributed by atoms with Gasteiger partial charge in [0.25, 0.3) is 10.0 Å². The van der Waals surface area contributed by atoms with Crippen LogP contribution in [0.1, 0.15) is 0 Å². The van der Waals surface area contributed by atoms with Crippen molar-refractivity contribution in [3.05, 3.63) is 59.4 Å². The monoisotopic (exact) mass is 285 g/mol. The molecule has 1 N–H and O–H groups in total. The maximum atomic E-state index is 12.9. The van der Waals surface area contributed by atoms with Crippen LogP contribution in [0.5, 0.6) is 0 Å². The normalized spacial score (nSPS) is 11.2. The van der Waals surface area contributed by atoms with E-state index in [0.717, 1.165) is 18.2 Å². The SMILES string of the molecule is O=S(=O)(Nc1ccccc1)c1ccc(F)cc1Cl. The molecule has 0 aliphatic rings. The molecule has 3 nitrogen and oxygen atoms in total. The van der Waals surface area contributed by atoms with Gasteiger partial charge in [0, 0.05) is 5.69 Å². The highest BCUT2D eigenvalue weighted by atomic mass is 35.5. The first-order valence-corrected chi connectivity index (χ1v) is 6.88. The number of sulfonamides is 1. The van der Waals surface area contributed by atoms with Gasteiger partial charge in [0.05, 0.1) is 5.02 Å². The highest BCUT2D eigenvalue weighted by Gasteiger charge is 2.18. The predicted octanol–water partition coefficient (Wildman–Crippen LogP) is 3.28. The van der Waals surface area contributed by atoms with Crippen molar-refractivity contribution in [1.82, 2.24) is 0 Å². The summed E-state index contributed by atoms with van der Waals surface area (Å²) in [5, 5.41) is -0.154.